The fourth-order valence-electron chi connectivity index (χ4n) is 3.32. The molecule has 166 valence electrons. The number of carbonyl (C=O) groups excluding carboxylic acids is 1. The van der Waals surface area contributed by atoms with Crippen LogP contribution in [0.1, 0.15) is 63.9 Å². The van der Waals surface area contributed by atoms with E-state index < -0.39 is 0 Å². The lowest BCUT2D eigenvalue weighted by Crippen LogP contribution is -2.13. The summed E-state index contributed by atoms with van der Waals surface area (Å²) >= 11 is 0. The molecule has 0 radical (unpaired) electrons. The molecule has 30 heavy (non-hydrogen) atoms. The van der Waals surface area contributed by atoms with Crippen molar-refractivity contribution in [3.8, 4) is 11.5 Å². The van der Waals surface area contributed by atoms with Gasteiger partial charge in [-0.05, 0) is 56.7 Å². The first-order valence-corrected chi connectivity index (χ1v) is 11.1. The van der Waals surface area contributed by atoms with Gasteiger partial charge in [-0.2, -0.15) is 5.10 Å². The van der Waals surface area contributed by atoms with Gasteiger partial charge < -0.3 is 14.8 Å². The molecule has 0 saturated heterocycles. The van der Waals surface area contributed by atoms with Crippen LogP contribution >= 0.6 is 0 Å². The van der Waals surface area contributed by atoms with Gasteiger partial charge in [-0.15, -0.1) is 0 Å². The summed E-state index contributed by atoms with van der Waals surface area (Å²) in [5.41, 5.74) is 4.05. The third kappa shape index (κ3) is 6.78. The van der Waals surface area contributed by atoms with Gasteiger partial charge in [0.15, 0.2) is 11.5 Å². The van der Waals surface area contributed by atoms with Gasteiger partial charge in [0.25, 0.3) is 0 Å². The van der Waals surface area contributed by atoms with Crippen LogP contribution in [-0.4, -0.2) is 28.9 Å². The molecule has 1 aromatic heterocycles. The first-order chi connectivity index (χ1) is 14.3. The highest BCUT2D eigenvalue weighted by molar-refractivity contribution is 5.91. The summed E-state index contributed by atoms with van der Waals surface area (Å²) in [5.74, 6) is 1.90. The molecule has 1 amide bonds. The second kappa shape index (κ2) is 11.6. The van der Waals surface area contributed by atoms with Crippen LogP contribution in [0, 0.1) is 19.8 Å². The summed E-state index contributed by atoms with van der Waals surface area (Å²) in [4.78, 5) is 12.6. The molecule has 0 aliphatic rings. The van der Waals surface area contributed by atoms with Gasteiger partial charge in [0.1, 0.15) is 0 Å². The van der Waals surface area contributed by atoms with Crippen LogP contribution in [0.25, 0.3) is 0 Å². The predicted octanol–water partition coefficient (Wildman–Crippen LogP) is 5.30. The van der Waals surface area contributed by atoms with Crippen LogP contribution < -0.4 is 14.8 Å². The first kappa shape index (κ1) is 23.8. The summed E-state index contributed by atoms with van der Waals surface area (Å²) in [7, 11) is 0. The first-order valence-electron chi connectivity index (χ1n) is 11.1. The van der Waals surface area contributed by atoms with Crippen molar-refractivity contribution < 1.29 is 14.3 Å². The second-order valence-electron chi connectivity index (χ2n) is 8.13. The van der Waals surface area contributed by atoms with Crippen molar-refractivity contribution in [2.75, 3.05) is 18.5 Å². The number of nitrogens with one attached hydrogen (secondary N) is 1. The van der Waals surface area contributed by atoms with E-state index in [-0.39, 0.29) is 5.91 Å². The quantitative estimate of drug-likeness (QED) is 0.510. The Balaban J connectivity index is 2.01. The van der Waals surface area contributed by atoms with Crippen molar-refractivity contribution in [3.05, 3.63) is 35.2 Å². The minimum atomic E-state index is -0.0194. The molecule has 6 heteroatoms. The zero-order valence-corrected chi connectivity index (χ0v) is 19.4. The Kier molecular flexibility index (Phi) is 9.21. The highest BCUT2D eigenvalue weighted by Gasteiger charge is 2.14. The maximum Gasteiger partial charge on any atom is 0.224 e. The Morgan fingerprint density at radius 2 is 1.77 bits per heavy atom. The van der Waals surface area contributed by atoms with Crippen molar-refractivity contribution in [1.82, 2.24) is 9.78 Å². The average molecular weight is 416 g/mol. The van der Waals surface area contributed by atoms with E-state index in [1.165, 1.54) is 5.56 Å². The number of nitrogens with zero attached hydrogens (tertiary/aromatic N) is 2. The highest BCUT2D eigenvalue weighted by atomic mass is 16.5. The lowest BCUT2D eigenvalue weighted by molar-refractivity contribution is -0.116. The topological polar surface area (TPSA) is 65.4 Å². The summed E-state index contributed by atoms with van der Waals surface area (Å²) < 4.78 is 13.6. The number of benzene rings is 1. The Bertz CT molecular complexity index is 827. The molecule has 0 fully saturated rings. The van der Waals surface area contributed by atoms with Crippen LogP contribution in [-0.2, 0) is 17.8 Å². The predicted molar refractivity (Wildman–Crippen MR) is 122 cm³/mol. The summed E-state index contributed by atoms with van der Waals surface area (Å²) in [5, 5.41) is 7.63. The van der Waals surface area contributed by atoms with E-state index in [4.69, 9.17) is 9.47 Å². The SMILES string of the molecule is CCCOc1ccc(NC(=O)CCc2c(C)nn(CC(C)C)c2C)cc1OCCC. The van der Waals surface area contributed by atoms with Crippen molar-refractivity contribution in [1.29, 1.82) is 0 Å². The molecule has 0 bridgehead atoms. The molecule has 0 atom stereocenters. The van der Waals surface area contributed by atoms with Crippen molar-refractivity contribution in [2.45, 2.75) is 73.8 Å². The normalized spacial score (nSPS) is 11.0. The number of hydrogen-bond donors (Lipinski definition) is 1. The van der Waals surface area contributed by atoms with Crippen LogP contribution in [0.15, 0.2) is 18.2 Å². The number of aromatic nitrogens is 2. The van der Waals surface area contributed by atoms with Gasteiger partial charge in [0.2, 0.25) is 5.91 Å². The van der Waals surface area contributed by atoms with Crippen molar-refractivity contribution in [3.63, 3.8) is 0 Å². The lowest BCUT2D eigenvalue weighted by Gasteiger charge is -2.14. The summed E-state index contributed by atoms with van der Waals surface area (Å²) in [6.07, 6.45) is 2.93. The molecule has 0 aliphatic carbocycles. The van der Waals surface area contributed by atoms with Gasteiger partial charge in [-0.25, -0.2) is 0 Å². The molecule has 1 N–H and O–H groups in total. The van der Waals surface area contributed by atoms with Gasteiger partial charge >= 0.3 is 0 Å². The molecule has 1 heterocycles. The molecule has 6 nitrogen and oxygen atoms in total. The summed E-state index contributed by atoms with van der Waals surface area (Å²) in [6, 6.07) is 5.56. The van der Waals surface area contributed by atoms with Crippen molar-refractivity contribution >= 4 is 11.6 Å². The number of rotatable bonds is 12. The Hall–Kier alpha value is -2.50. The number of carbonyl (C=O) groups is 1. The van der Waals surface area contributed by atoms with E-state index in [2.05, 4.69) is 49.7 Å². The molecule has 0 unspecified atom stereocenters. The molecule has 2 aromatic rings. The lowest BCUT2D eigenvalue weighted by atomic mass is 10.1. The maximum absolute atomic E-state index is 12.6. The molecule has 0 saturated carbocycles. The zero-order valence-electron chi connectivity index (χ0n) is 19.4. The van der Waals surface area contributed by atoms with E-state index >= 15 is 0 Å². The smallest absolute Gasteiger partial charge is 0.224 e. The van der Waals surface area contributed by atoms with E-state index in [1.54, 1.807) is 0 Å². The highest BCUT2D eigenvalue weighted by Crippen LogP contribution is 2.31. The minimum Gasteiger partial charge on any atom is -0.490 e. The van der Waals surface area contributed by atoms with Crippen molar-refractivity contribution in [2.24, 2.45) is 5.92 Å². The summed E-state index contributed by atoms with van der Waals surface area (Å²) in [6.45, 7) is 14.7. The fraction of sp³-hybridized carbons (Fsp3) is 0.583. The number of amides is 1. The van der Waals surface area contributed by atoms with Crippen LogP contribution in [0.2, 0.25) is 0 Å². The Morgan fingerprint density at radius 3 is 2.40 bits per heavy atom. The largest absolute Gasteiger partial charge is 0.490 e. The standard InChI is InChI=1S/C24H37N3O3/c1-7-13-29-22-11-9-20(15-23(22)30-14-8-2)25-24(28)12-10-21-18(5)26-27(19(21)6)16-17(3)4/h9,11,15,17H,7-8,10,12-14,16H2,1-6H3,(H,25,28). The Morgan fingerprint density at radius 1 is 1.10 bits per heavy atom. The van der Waals surface area contributed by atoms with Crippen LogP contribution in [0.3, 0.4) is 0 Å². The van der Waals surface area contributed by atoms with Crippen LogP contribution in [0.5, 0.6) is 11.5 Å². The number of anilines is 1. The molecule has 1 aromatic carbocycles. The maximum atomic E-state index is 12.6. The molecular formula is C24H37N3O3. The third-order valence-electron chi connectivity index (χ3n) is 4.82. The van der Waals surface area contributed by atoms with Gasteiger partial charge in [0, 0.05) is 30.4 Å². The third-order valence-corrected chi connectivity index (χ3v) is 4.82. The number of hydrogen-bond acceptors (Lipinski definition) is 4. The molecule has 0 aliphatic heterocycles. The van der Waals surface area contributed by atoms with Gasteiger partial charge in [0.05, 0.1) is 18.9 Å². The number of aryl methyl sites for hydroxylation is 1. The van der Waals surface area contributed by atoms with E-state index in [9.17, 15) is 4.79 Å². The van der Waals surface area contributed by atoms with Gasteiger partial charge in [-0.3, -0.25) is 9.48 Å². The minimum absolute atomic E-state index is 0.0194. The van der Waals surface area contributed by atoms with Crippen LogP contribution in [0.4, 0.5) is 5.69 Å². The Labute approximate surface area is 181 Å². The fourth-order valence-corrected chi connectivity index (χ4v) is 3.32. The molecule has 0 spiro atoms. The molecule has 2 rings (SSSR count). The zero-order chi connectivity index (χ0) is 22.1. The molecular weight excluding hydrogens is 378 g/mol. The van der Waals surface area contributed by atoms with E-state index in [0.717, 1.165) is 36.5 Å². The average Bonchev–Trinajstić information content (AvgIpc) is 2.96. The monoisotopic (exact) mass is 415 g/mol. The second-order valence-corrected chi connectivity index (χ2v) is 8.13. The van der Waals surface area contributed by atoms with E-state index in [1.807, 2.05) is 25.1 Å². The van der Waals surface area contributed by atoms with Gasteiger partial charge in [-0.1, -0.05) is 27.7 Å². The number of ether oxygens (including phenoxy) is 2. The van der Waals surface area contributed by atoms with E-state index in [0.29, 0.717) is 43.5 Å².